The van der Waals surface area contributed by atoms with Gasteiger partial charge in [0, 0.05) is 0 Å². The highest BCUT2D eigenvalue weighted by molar-refractivity contribution is 5.93. The van der Waals surface area contributed by atoms with E-state index in [4.69, 9.17) is 14.7 Å². The molecule has 0 N–H and O–H groups in total. The summed E-state index contributed by atoms with van der Waals surface area (Å²) in [6, 6.07) is 5.28. The van der Waals surface area contributed by atoms with Gasteiger partial charge in [0.1, 0.15) is 17.4 Å². The largest absolute Gasteiger partial charge is 0.495 e. The van der Waals surface area contributed by atoms with Crippen LogP contribution in [-0.4, -0.2) is 19.7 Å². The average Bonchev–Trinajstić information content (AvgIpc) is 2.28. The topological polar surface area (TPSA) is 59.3 Å². The second-order valence-electron chi connectivity index (χ2n) is 3.17. The molecule has 1 aromatic rings. The second-order valence-corrected chi connectivity index (χ2v) is 3.17. The summed E-state index contributed by atoms with van der Waals surface area (Å²) >= 11 is 0. The number of hydrogen-bond acceptors (Lipinski definition) is 4. The molecule has 0 unspecified atom stereocenters. The summed E-state index contributed by atoms with van der Waals surface area (Å²) in [5.74, 6) is -0.0783. The number of esters is 1. The minimum atomic E-state index is -0.502. The number of nitrogens with zero attached hydrogens (tertiary/aromatic N) is 1. The Hall–Kier alpha value is -2.02. The maximum atomic E-state index is 11.6. The van der Waals surface area contributed by atoms with E-state index in [0.29, 0.717) is 5.75 Å². The first-order valence-electron chi connectivity index (χ1n) is 4.90. The van der Waals surface area contributed by atoms with Gasteiger partial charge in [-0.2, -0.15) is 5.26 Å². The molecule has 0 bridgehead atoms. The predicted octanol–water partition coefficient (Wildman–Crippen LogP) is 2.05. The molecule has 16 heavy (non-hydrogen) atoms. The van der Waals surface area contributed by atoms with Gasteiger partial charge in [0.25, 0.3) is 0 Å². The molecule has 84 valence electrons. The van der Waals surface area contributed by atoms with Crippen molar-refractivity contribution in [2.24, 2.45) is 0 Å². The SMILES string of the molecule is CCOC(=O)c1ccc(C)c(OC)c1C#N. The molecule has 0 radical (unpaired) electrons. The van der Waals surface area contributed by atoms with Crippen LogP contribution in [0.2, 0.25) is 0 Å². The van der Waals surface area contributed by atoms with Crippen molar-refractivity contribution in [1.82, 2.24) is 0 Å². The van der Waals surface area contributed by atoms with Crippen LogP contribution in [0.15, 0.2) is 12.1 Å². The van der Waals surface area contributed by atoms with E-state index in [1.165, 1.54) is 7.11 Å². The van der Waals surface area contributed by atoms with E-state index in [1.54, 1.807) is 19.1 Å². The fourth-order valence-electron chi connectivity index (χ4n) is 1.44. The van der Waals surface area contributed by atoms with Crippen LogP contribution in [0.25, 0.3) is 0 Å². The van der Waals surface area contributed by atoms with E-state index in [2.05, 4.69) is 0 Å². The van der Waals surface area contributed by atoms with Crippen LogP contribution in [0.1, 0.15) is 28.4 Å². The quantitative estimate of drug-likeness (QED) is 0.730. The van der Waals surface area contributed by atoms with Gasteiger partial charge >= 0.3 is 5.97 Å². The summed E-state index contributed by atoms with van der Waals surface area (Å²) in [5, 5.41) is 9.03. The zero-order valence-electron chi connectivity index (χ0n) is 9.53. The van der Waals surface area contributed by atoms with Gasteiger partial charge in [-0.1, -0.05) is 6.07 Å². The third-order valence-electron chi connectivity index (χ3n) is 2.17. The average molecular weight is 219 g/mol. The minimum Gasteiger partial charge on any atom is -0.495 e. The fraction of sp³-hybridized carbons (Fsp3) is 0.333. The molecule has 1 aromatic carbocycles. The number of aryl methyl sites for hydroxylation is 1. The number of ether oxygens (including phenoxy) is 2. The minimum absolute atomic E-state index is 0.223. The molecular weight excluding hydrogens is 206 g/mol. The molecule has 0 amide bonds. The van der Waals surface area contributed by atoms with E-state index in [-0.39, 0.29) is 17.7 Å². The number of carbonyl (C=O) groups excluding carboxylic acids is 1. The molecule has 0 saturated carbocycles. The highest BCUT2D eigenvalue weighted by Crippen LogP contribution is 2.26. The van der Waals surface area contributed by atoms with Crippen LogP contribution in [0.5, 0.6) is 5.75 Å². The molecule has 0 aliphatic heterocycles. The van der Waals surface area contributed by atoms with E-state index in [0.717, 1.165) is 5.56 Å². The Bertz CT molecular complexity index is 446. The third-order valence-corrected chi connectivity index (χ3v) is 2.17. The van der Waals surface area contributed by atoms with Gasteiger partial charge in [0.05, 0.1) is 19.3 Å². The van der Waals surface area contributed by atoms with Crippen molar-refractivity contribution in [3.05, 3.63) is 28.8 Å². The first-order chi connectivity index (χ1) is 7.65. The maximum Gasteiger partial charge on any atom is 0.339 e. The molecule has 0 fully saturated rings. The first kappa shape index (κ1) is 12.1. The molecule has 0 heterocycles. The predicted molar refractivity (Wildman–Crippen MR) is 58.4 cm³/mol. The van der Waals surface area contributed by atoms with Crippen LogP contribution in [0, 0.1) is 18.3 Å². The summed E-state index contributed by atoms with van der Waals surface area (Å²) in [5.41, 5.74) is 1.28. The van der Waals surface area contributed by atoms with Gasteiger partial charge in [0.2, 0.25) is 0 Å². The molecule has 4 nitrogen and oxygen atoms in total. The van der Waals surface area contributed by atoms with Gasteiger partial charge in [-0.25, -0.2) is 4.79 Å². The summed E-state index contributed by atoms with van der Waals surface area (Å²) in [6.45, 7) is 3.81. The van der Waals surface area contributed by atoms with Gasteiger partial charge in [0.15, 0.2) is 0 Å². The third kappa shape index (κ3) is 2.14. The summed E-state index contributed by atoms with van der Waals surface area (Å²) in [6.07, 6.45) is 0. The molecular formula is C12H13NO3. The lowest BCUT2D eigenvalue weighted by Gasteiger charge is -2.10. The normalized spacial score (nSPS) is 9.38. The molecule has 0 aliphatic rings. The standard InChI is InChI=1S/C12H13NO3/c1-4-16-12(14)9-6-5-8(2)11(15-3)10(9)7-13/h5-6H,4H2,1-3H3. The van der Waals surface area contributed by atoms with Gasteiger partial charge in [-0.05, 0) is 25.5 Å². The van der Waals surface area contributed by atoms with Crippen LogP contribution in [0.4, 0.5) is 0 Å². The fourth-order valence-corrected chi connectivity index (χ4v) is 1.44. The number of benzene rings is 1. The van der Waals surface area contributed by atoms with Crippen LogP contribution < -0.4 is 4.74 Å². The van der Waals surface area contributed by atoms with E-state index in [1.807, 2.05) is 13.0 Å². The lowest BCUT2D eigenvalue weighted by molar-refractivity contribution is 0.0525. The van der Waals surface area contributed by atoms with Crippen LogP contribution >= 0.6 is 0 Å². The summed E-state index contributed by atoms with van der Waals surface area (Å²) in [7, 11) is 1.47. The van der Waals surface area contributed by atoms with Crippen molar-refractivity contribution in [3.8, 4) is 11.8 Å². The summed E-state index contributed by atoms with van der Waals surface area (Å²) in [4.78, 5) is 11.6. The van der Waals surface area contributed by atoms with Crippen molar-refractivity contribution in [1.29, 1.82) is 5.26 Å². The van der Waals surface area contributed by atoms with E-state index < -0.39 is 5.97 Å². The van der Waals surface area contributed by atoms with Gasteiger partial charge in [-0.15, -0.1) is 0 Å². The molecule has 0 atom stereocenters. The van der Waals surface area contributed by atoms with Crippen molar-refractivity contribution in [3.63, 3.8) is 0 Å². The Kier molecular flexibility index (Phi) is 3.90. The zero-order chi connectivity index (χ0) is 12.1. The van der Waals surface area contributed by atoms with Gasteiger partial charge in [-0.3, -0.25) is 0 Å². The Morgan fingerprint density at radius 2 is 2.19 bits per heavy atom. The van der Waals surface area contributed by atoms with Crippen molar-refractivity contribution in [2.45, 2.75) is 13.8 Å². The Morgan fingerprint density at radius 3 is 2.69 bits per heavy atom. The van der Waals surface area contributed by atoms with Crippen molar-refractivity contribution in [2.75, 3.05) is 13.7 Å². The van der Waals surface area contributed by atoms with Crippen LogP contribution in [-0.2, 0) is 4.74 Å². The number of nitriles is 1. The number of hydrogen-bond donors (Lipinski definition) is 0. The Labute approximate surface area is 94.4 Å². The smallest absolute Gasteiger partial charge is 0.339 e. The van der Waals surface area contributed by atoms with Gasteiger partial charge < -0.3 is 9.47 Å². The maximum absolute atomic E-state index is 11.6. The van der Waals surface area contributed by atoms with E-state index >= 15 is 0 Å². The lowest BCUT2D eigenvalue weighted by atomic mass is 10.0. The van der Waals surface area contributed by atoms with Crippen LogP contribution in [0.3, 0.4) is 0 Å². The number of methoxy groups -OCH3 is 1. The first-order valence-corrected chi connectivity index (χ1v) is 4.90. The summed E-state index contributed by atoms with van der Waals surface area (Å²) < 4.78 is 9.97. The molecule has 1 rings (SSSR count). The molecule has 0 spiro atoms. The Morgan fingerprint density at radius 1 is 1.50 bits per heavy atom. The monoisotopic (exact) mass is 219 g/mol. The van der Waals surface area contributed by atoms with Crippen molar-refractivity contribution < 1.29 is 14.3 Å². The van der Waals surface area contributed by atoms with Crippen molar-refractivity contribution >= 4 is 5.97 Å². The lowest BCUT2D eigenvalue weighted by Crippen LogP contribution is -2.08. The van der Waals surface area contributed by atoms with E-state index in [9.17, 15) is 4.79 Å². The molecule has 0 saturated heterocycles. The second kappa shape index (κ2) is 5.17. The highest BCUT2D eigenvalue weighted by atomic mass is 16.5. The number of rotatable bonds is 3. The number of carbonyl (C=O) groups is 1. The highest BCUT2D eigenvalue weighted by Gasteiger charge is 2.17. The molecule has 0 aliphatic carbocycles. The Balaban J connectivity index is 3.31. The zero-order valence-corrected chi connectivity index (χ0v) is 9.53. The molecule has 4 heteroatoms. The molecule has 0 aromatic heterocycles.